The lowest BCUT2D eigenvalue weighted by Crippen LogP contribution is -2.34. The largest absolute Gasteiger partial charge is 0.439 e. The Kier molecular flexibility index (Phi) is 5.73. The molecule has 0 radical (unpaired) electrons. The van der Waals surface area contributed by atoms with E-state index >= 15 is 0 Å². The molecule has 1 aromatic carbocycles. The number of anilines is 1. The Hall–Kier alpha value is -2.60. The maximum atomic E-state index is 11.8. The molecule has 0 fully saturated rings. The number of urea groups is 1. The molecule has 0 saturated carbocycles. The van der Waals surface area contributed by atoms with E-state index in [1.165, 1.54) is 0 Å². The Bertz CT molecular complexity index is 602. The lowest BCUT2D eigenvalue weighted by atomic mass is 10.3. The highest BCUT2D eigenvalue weighted by Gasteiger charge is 2.04. The number of hydrogen-bond donors (Lipinski definition) is 2. The summed E-state index contributed by atoms with van der Waals surface area (Å²) < 4.78 is 5.62. The van der Waals surface area contributed by atoms with Crippen LogP contribution in [0.1, 0.15) is 0 Å². The molecule has 6 heteroatoms. The average Bonchev–Trinajstić information content (AvgIpc) is 2.48. The monoisotopic (exact) mass is 300 g/mol. The van der Waals surface area contributed by atoms with Gasteiger partial charge in [0.25, 0.3) is 0 Å². The van der Waals surface area contributed by atoms with E-state index in [2.05, 4.69) is 15.6 Å². The minimum absolute atomic E-state index is 0.251. The highest BCUT2D eigenvalue weighted by Crippen LogP contribution is 2.21. The maximum absolute atomic E-state index is 11.8. The molecular formula is C16H20N4O2. The Balaban J connectivity index is 1.89. The van der Waals surface area contributed by atoms with E-state index < -0.39 is 0 Å². The van der Waals surface area contributed by atoms with Gasteiger partial charge in [-0.3, -0.25) is 0 Å². The van der Waals surface area contributed by atoms with E-state index in [9.17, 15) is 4.79 Å². The van der Waals surface area contributed by atoms with Gasteiger partial charge in [-0.2, -0.15) is 0 Å². The Morgan fingerprint density at radius 2 is 2.00 bits per heavy atom. The van der Waals surface area contributed by atoms with Crippen LogP contribution in [-0.4, -0.2) is 43.1 Å². The number of carbonyl (C=O) groups excluding carboxylic acids is 1. The normalized spacial score (nSPS) is 10.3. The second-order valence-corrected chi connectivity index (χ2v) is 4.98. The zero-order valence-corrected chi connectivity index (χ0v) is 12.7. The van der Waals surface area contributed by atoms with Crippen molar-refractivity contribution in [3.05, 3.63) is 48.7 Å². The summed E-state index contributed by atoms with van der Waals surface area (Å²) in [5.41, 5.74) is 0.628. The SMILES string of the molecule is CN(C)CCNC(=O)Nc1ccnc(Oc2ccccc2)c1. The number of aromatic nitrogens is 1. The van der Waals surface area contributed by atoms with Crippen LogP contribution in [-0.2, 0) is 0 Å². The summed E-state index contributed by atoms with van der Waals surface area (Å²) in [4.78, 5) is 17.9. The van der Waals surface area contributed by atoms with E-state index in [0.717, 1.165) is 6.54 Å². The summed E-state index contributed by atoms with van der Waals surface area (Å²) in [7, 11) is 3.91. The highest BCUT2D eigenvalue weighted by molar-refractivity contribution is 5.89. The van der Waals surface area contributed by atoms with E-state index in [1.54, 1.807) is 18.3 Å². The number of likely N-dealkylation sites (N-methyl/N-ethyl adjacent to an activating group) is 1. The van der Waals surface area contributed by atoms with Crippen molar-refractivity contribution in [1.82, 2.24) is 15.2 Å². The Labute approximate surface area is 130 Å². The first-order valence-corrected chi connectivity index (χ1v) is 7.02. The molecule has 0 unspecified atom stereocenters. The third-order valence-corrected chi connectivity index (χ3v) is 2.80. The molecule has 22 heavy (non-hydrogen) atoms. The fourth-order valence-electron chi connectivity index (χ4n) is 1.72. The summed E-state index contributed by atoms with van der Waals surface area (Å²) in [6.45, 7) is 1.36. The average molecular weight is 300 g/mol. The van der Waals surface area contributed by atoms with Crippen molar-refractivity contribution in [1.29, 1.82) is 0 Å². The Morgan fingerprint density at radius 3 is 2.73 bits per heavy atom. The molecule has 0 aliphatic carbocycles. The summed E-state index contributed by atoms with van der Waals surface area (Å²) in [5.74, 6) is 1.12. The lowest BCUT2D eigenvalue weighted by molar-refractivity contribution is 0.250. The van der Waals surface area contributed by atoms with Crippen LogP contribution in [0.15, 0.2) is 48.7 Å². The zero-order valence-electron chi connectivity index (χ0n) is 12.7. The van der Waals surface area contributed by atoms with Crippen LogP contribution in [0.3, 0.4) is 0 Å². The van der Waals surface area contributed by atoms with Crippen LogP contribution in [0.4, 0.5) is 10.5 Å². The standard InChI is InChI=1S/C16H20N4O2/c1-20(2)11-10-18-16(21)19-13-8-9-17-15(12-13)22-14-6-4-3-5-7-14/h3-9,12H,10-11H2,1-2H3,(H2,17,18,19,21). The first-order chi connectivity index (χ1) is 10.6. The fourth-order valence-corrected chi connectivity index (χ4v) is 1.72. The summed E-state index contributed by atoms with van der Waals surface area (Å²) >= 11 is 0. The van der Waals surface area contributed by atoms with Gasteiger partial charge in [0.15, 0.2) is 0 Å². The molecule has 1 aromatic heterocycles. The van der Waals surface area contributed by atoms with E-state index in [-0.39, 0.29) is 6.03 Å². The van der Waals surface area contributed by atoms with Crippen molar-refractivity contribution in [3.8, 4) is 11.6 Å². The predicted molar refractivity (Wildman–Crippen MR) is 86.3 cm³/mol. The van der Waals surface area contributed by atoms with Crippen LogP contribution in [0.5, 0.6) is 11.6 Å². The minimum atomic E-state index is -0.251. The number of nitrogens with one attached hydrogen (secondary N) is 2. The van der Waals surface area contributed by atoms with Crippen molar-refractivity contribution < 1.29 is 9.53 Å². The number of ether oxygens (including phenoxy) is 1. The van der Waals surface area contributed by atoms with Crippen molar-refractivity contribution in [2.45, 2.75) is 0 Å². The summed E-state index contributed by atoms with van der Waals surface area (Å²) in [5, 5.41) is 5.53. The van der Waals surface area contributed by atoms with Gasteiger partial charge in [-0.1, -0.05) is 18.2 Å². The highest BCUT2D eigenvalue weighted by atomic mass is 16.5. The van der Waals surface area contributed by atoms with E-state index in [0.29, 0.717) is 23.9 Å². The molecule has 0 spiro atoms. The number of para-hydroxylation sites is 1. The van der Waals surface area contributed by atoms with Crippen LogP contribution < -0.4 is 15.4 Å². The number of pyridine rings is 1. The van der Waals surface area contributed by atoms with Gasteiger partial charge in [0, 0.05) is 31.0 Å². The number of rotatable bonds is 6. The van der Waals surface area contributed by atoms with Crippen LogP contribution in [0, 0.1) is 0 Å². The van der Waals surface area contributed by atoms with Gasteiger partial charge in [-0.15, -0.1) is 0 Å². The summed E-state index contributed by atoms with van der Waals surface area (Å²) in [6, 6.07) is 12.5. The van der Waals surface area contributed by atoms with Crippen LogP contribution >= 0.6 is 0 Å². The molecule has 2 N–H and O–H groups in total. The van der Waals surface area contributed by atoms with Crippen LogP contribution in [0.25, 0.3) is 0 Å². The number of carbonyl (C=O) groups is 1. The topological polar surface area (TPSA) is 66.5 Å². The molecule has 0 bridgehead atoms. The first kappa shape index (κ1) is 15.8. The van der Waals surface area contributed by atoms with Gasteiger partial charge in [0.1, 0.15) is 5.75 Å². The van der Waals surface area contributed by atoms with Gasteiger partial charge < -0.3 is 20.3 Å². The molecular weight excluding hydrogens is 280 g/mol. The van der Waals surface area contributed by atoms with E-state index in [4.69, 9.17) is 4.74 Å². The molecule has 0 saturated heterocycles. The van der Waals surface area contributed by atoms with Crippen molar-refractivity contribution >= 4 is 11.7 Å². The molecule has 2 aromatic rings. The molecule has 0 aliphatic rings. The van der Waals surface area contributed by atoms with Crippen LogP contribution in [0.2, 0.25) is 0 Å². The molecule has 0 aliphatic heterocycles. The van der Waals surface area contributed by atoms with Gasteiger partial charge in [-0.05, 0) is 32.3 Å². The van der Waals surface area contributed by atoms with Gasteiger partial charge >= 0.3 is 6.03 Å². The predicted octanol–water partition coefficient (Wildman–Crippen LogP) is 2.56. The maximum Gasteiger partial charge on any atom is 0.319 e. The zero-order chi connectivity index (χ0) is 15.8. The van der Waals surface area contributed by atoms with Gasteiger partial charge in [0.2, 0.25) is 5.88 Å². The van der Waals surface area contributed by atoms with Gasteiger partial charge in [-0.25, -0.2) is 9.78 Å². The minimum Gasteiger partial charge on any atom is -0.439 e. The molecule has 1 heterocycles. The molecule has 2 amide bonds. The third-order valence-electron chi connectivity index (χ3n) is 2.80. The first-order valence-electron chi connectivity index (χ1n) is 7.02. The van der Waals surface area contributed by atoms with Crippen molar-refractivity contribution in [2.75, 3.05) is 32.5 Å². The Morgan fingerprint density at radius 1 is 1.23 bits per heavy atom. The summed E-state index contributed by atoms with van der Waals surface area (Å²) in [6.07, 6.45) is 1.59. The van der Waals surface area contributed by atoms with Crippen molar-refractivity contribution in [3.63, 3.8) is 0 Å². The molecule has 0 atom stereocenters. The number of nitrogens with zero attached hydrogens (tertiary/aromatic N) is 2. The quantitative estimate of drug-likeness (QED) is 0.860. The number of amides is 2. The molecule has 2 rings (SSSR count). The van der Waals surface area contributed by atoms with Crippen molar-refractivity contribution in [2.24, 2.45) is 0 Å². The second kappa shape index (κ2) is 7.99. The van der Waals surface area contributed by atoms with Gasteiger partial charge in [0.05, 0.1) is 0 Å². The smallest absolute Gasteiger partial charge is 0.319 e. The lowest BCUT2D eigenvalue weighted by Gasteiger charge is -2.11. The molecule has 6 nitrogen and oxygen atoms in total. The number of benzene rings is 1. The number of hydrogen-bond acceptors (Lipinski definition) is 4. The molecule has 116 valence electrons. The third kappa shape index (κ3) is 5.41. The second-order valence-electron chi connectivity index (χ2n) is 4.98. The van der Waals surface area contributed by atoms with E-state index in [1.807, 2.05) is 49.3 Å². The fraction of sp³-hybridized carbons (Fsp3) is 0.250.